The summed E-state index contributed by atoms with van der Waals surface area (Å²) in [4.78, 5) is 73.3. The van der Waals surface area contributed by atoms with Gasteiger partial charge in [0, 0.05) is 6.42 Å². The van der Waals surface area contributed by atoms with Crippen molar-refractivity contribution in [3.63, 3.8) is 0 Å². The predicted molar refractivity (Wildman–Crippen MR) is 139 cm³/mol. The molecule has 10 N–H and O–H groups in total. The van der Waals surface area contributed by atoms with Crippen LogP contribution < -0.4 is 33.2 Å². The maximum absolute atomic E-state index is 13.2. The minimum atomic E-state index is -1.64. The molecule has 4 atom stereocenters. The summed E-state index contributed by atoms with van der Waals surface area (Å²) in [5.41, 5.74) is 17.7. The van der Waals surface area contributed by atoms with Gasteiger partial charge in [-0.3, -0.25) is 24.0 Å². The van der Waals surface area contributed by atoms with Crippen molar-refractivity contribution >= 4 is 35.5 Å². The zero-order valence-corrected chi connectivity index (χ0v) is 21.0. The number of hydrogen-bond donors (Lipinski definition) is 7. The largest absolute Gasteiger partial charge is 0.480 e. The second kappa shape index (κ2) is 14.8. The second-order valence-corrected chi connectivity index (χ2v) is 8.85. The standard InChI is InChI=1S/C26H32N6O7/c27-17(11-15-7-3-1-4-8-15)23(35)30-19(13-21(28)33)25(37)31-18(12-16-9-5-2-6-10-16)24(36)32-20(26(38)39)14-22(29)34/h1-10,17-20H,11-14,27H2,(H2,28,33)(H2,29,34)(H,30,35)(H,31,37)(H,32,36)(H,38,39). The molecule has 13 nitrogen and oxygen atoms in total. The fourth-order valence-electron chi connectivity index (χ4n) is 3.65. The molecule has 0 fully saturated rings. The molecule has 0 aliphatic heterocycles. The Labute approximate surface area is 224 Å². The fourth-order valence-corrected chi connectivity index (χ4v) is 3.65. The van der Waals surface area contributed by atoms with Crippen LogP contribution in [0.15, 0.2) is 60.7 Å². The summed E-state index contributed by atoms with van der Waals surface area (Å²) < 4.78 is 0. The van der Waals surface area contributed by atoms with Crippen LogP contribution in [0.1, 0.15) is 24.0 Å². The van der Waals surface area contributed by atoms with Gasteiger partial charge in [-0.1, -0.05) is 60.7 Å². The van der Waals surface area contributed by atoms with Gasteiger partial charge >= 0.3 is 5.97 Å². The molecule has 13 heteroatoms. The van der Waals surface area contributed by atoms with Gasteiger partial charge in [0.25, 0.3) is 0 Å². The monoisotopic (exact) mass is 540 g/mol. The lowest BCUT2D eigenvalue weighted by molar-refractivity contribution is -0.143. The summed E-state index contributed by atoms with van der Waals surface area (Å²) in [5, 5.41) is 16.4. The first kappa shape index (κ1) is 30.4. The van der Waals surface area contributed by atoms with E-state index in [1.807, 2.05) is 0 Å². The molecule has 0 heterocycles. The Hall–Kier alpha value is -4.78. The maximum Gasteiger partial charge on any atom is 0.326 e. The Balaban J connectivity index is 2.21. The number of rotatable bonds is 15. The number of nitrogens with two attached hydrogens (primary N) is 3. The number of carboxylic acids is 1. The molecule has 0 saturated heterocycles. The third-order valence-electron chi connectivity index (χ3n) is 5.61. The minimum Gasteiger partial charge on any atom is -0.480 e. The van der Waals surface area contributed by atoms with E-state index < -0.39 is 72.5 Å². The Morgan fingerprint density at radius 2 is 1.03 bits per heavy atom. The molecular weight excluding hydrogens is 508 g/mol. The highest BCUT2D eigenvalue weighted by atomic mass is 16.4. The number of nitrogens with one attached hydrogen (secondary N) is 3. The lowest BCUT2D eigenvalue weighted by Gasteiger charge is -2.25. The summed E-state index contributed by atoms with van der Waals surface area (Å²) in [6.07, 6.45) is -1.18. The van der Waals surface area contributed by atoms with E-state index in [1.54, 1.807) is 60.7 Å². The molecule has 4 unspecified atom stereocenters. The molecule has 2 aromatic rings. The van der Waals surface area contributed by atoms with Crippen molar-refractivity contribution < 1.29 is 33.9 Å². The first-order chi connectivity index (χ1) is 18.5. The summed E-state index contributed by atoms with van der Waals surface area (Å²) in [7, 11) is 0. The molecule has 0 spiro atoms. The smallest absolute Gasteiger partial charge is 0.326 e. The Morgan fingerprint density at radius 3 is 1.51 bits per heavy atom. The van der Waals surface area contributed by atoms with Crippen LogP contribution in [0, 0.1) is 0 Å². The highest BCUT2D eigenvalue weighted by Gasteiger charge is 2.31. The van der Waals surface area contributed by atoms with Crippen molar-refractivity contribution in [2.45, 2.75) is 49.9 Å². The van der Waals surface area contributed by atoms with Crippen molar-refractivity contribution in [2.75, 3.05) is 0 Å². The third-order valence-corrected chi connectivity index (χ3v) is 5.61. The van der Waals surface area contributed by atoms with E-state index in [9.17, 15) is 33.9 Å². The Bertz CT molecular complexity index is 1180. The lowest BCUT2D eigenvalue weighted by atomic mass is 10.0. The Kier molecular flexibility index (Phi) is 11.6. The van der Waals surface area contributed by atoms with E-state index >= 15 is 0 Å². The highest BCUT2D eigenvalue weighted by molar-refractivity contribution is 5.96. The molecule has 5 amide bonds. The number of carbonyl (C=O) groups is 6. The Morgan fingerprint density at radius 1 is 0.615 bits per heavy atom. The topological polar surface area (TPSA) is 237 Å². The van der Waals surface area contributed by atoms with Gasteiger partial charge in [0.1, 0.15) is 18.1 Å². The van der Waals surface area contributed by atoms with E-state index in [0.717, 1.165) is 5.56 Å². The number of hydrogen-bond acceptors (Lipinski definition) is 7. The average Bonchev–Trinajstić information content (AvgIpc) is 2.88. The summed E-state index contributed by atoms with van der Waals surface area (Å²) in [6, 6.07) is 11.9. The molecule has 2 rings (SSSR count). The molecule has 0 aromatic heterocycles. The second-order valence-electron chi connectivity index (χ2n) is 8.85. The van der Waals surface area contributed by atoms with Crippen LogP contribution in [0.5, 0.6) is 0 Å². The molecule has 0 aliphatic carbocycles. The van der Waals surface area contributed by atoms with Crippen molar-refractivity contribution in [3.05, 3.63) is 71.8 Å². The van der Waals surface area contributed by atoms with Gasteiger partial charge in [-0.2, -0.15) is 0 Å². The third kappa shape index (κ3) is 10.6. The van der Waals surface area contributed by atoms with Crippen LogP contribution in [0.4, 0.5) is 0 Å². The van der Waals surface area contributed by atoms with E-state index in [4.69, 9.17) is 17.2 Å². The van der Waals surface area contributed by atoms with Gasteiger partial charge < -0.3 is 38.3 Å². The number of carboxylic acid groups (broad SMARTS) is 1. The zero-order chi connectivity index (χ0) is 28.9. The predicted octanol–water partition coefficient (Wildman–Crippen LogP) is -1.91. The van der Waals surface area contributed by atoms with Gasteiger partial charge in [-0.15, -0.1) is 0 Å². The number of aliphatic carboxylic acids is 1. The van der Waals surface area contributed by atoms with E-state index in [-0.39, 0.29) is 12.8 Å². The number of benzene rings is 2. The van der Waals surface area contributed by atoms with Gasteiger partial charge in [0.15, 0.2) is 0 Å². The van der Waals surface area contributed by atoms with Gasteiger partial charge in [0.2, 0.25) is 29.5 Å². The highest BCUT2D eigenvalue weighted by Crippen LogP contribution is 2.07. The molecule has 39 heavy (non-hydrogen) atoms. The fraction of sp³-hybridized carbons (Fsp3) is 0.308. The quantitative estimate of drug-likeness (QED) is 0.134. The van der Waals surface area contributed by atoms with Crippen molar-refractivity contribution in [1.29, 1.82) is 0 Å². The van der Waals surface area contributed by atoms with Crippen LogP contribution in [0.3, 0.4) is 0 Å². The molecule has 208 valence electrons. The molecule has 0 saturated carbocycles. The summed E-state index contributed by atoms with van der Waals surface area (Å²) >= 11 is 0. The van der Waals surface area contributed by atoms with E-state index in [1.165, 1.54) is 0 Å². The molecule has 0 aliphatic rings. The van der Waals surface area contributed by atoms with Crippen molar-refractivity contribution in [1.82, 2.24) is 16.0 Å². The van der Waals surface area contributed by atoms with Crippen molar-refractivity contribution in [2.24, 2.45) is 17.2 Å². The summed E-state index contributed by atoms with van der Waals surface area (Å²) in [5.74, 6) is -5.93. The minimum absolute atomic E-state index is 0.0773. The van der Waals surface area contributed by atoms with Crippen LogP contribution in [0.25, 0.3) is 0 Å². The van der Waals surface area contributed by atoms with Crippen LogP contribution in [-0.2, 0) is 41.6 Å². The number of amides is 5. The van der Waals surface area contributed by atoms with Crippen LogP contribution in [0.2, 0.25) is 0 Å². The number of primary amides is 2. The molecule has 0 radical (unpaired) electrons. The van der Waals surface area contributed by atoms with Crippen LogP contribution in [-0.4, -0.2) is 64.8 Å². The normalized spacial score (nSPS) is 13.7. The average molecular weight is 541 g/mol. The van der Waals surface area contributed by atoms with Gasteiger partial charge in [-0.05, 0) is 17.5 Å². The lowest BCUT2D eigenvalue weighted by Crippen LogP contribution is -2.58. The zero-order valence-electron chi connectivity index (χ0n) is 21.0. The number of carbonyl (C=O) groups excluding carboxylic acids is 5. The molecule has 2 aromatic carbocycles. The summed E-state index contributed by atoms with van der Waals surface area (Å²) in [6.45, 7) is 0. The van der Waals surface area contributed by atoms with E-state index in [2.05, 4.69) is 16.0 Å². The SMILES string of the molecule is NC(=O)CC(NC(=O)C(Cc1ccccc1)NC(=O)C(CC(N)=O)NC(=O)C(N)Cc1ccccc1)C(=O)O. The molecule has 0 bridgehead atoms. The van der Waals surface area contributed by atoms with E-state index in [0.29, 0.717) is 5.56 Å². The van der Waals surface area contributed by atoms with Gasteiger partial charge in [-0.25, -0.2) is 4.79 Å². The first-order valence-corrected chi connectivity index (χ1v) is 12.0. The first-order valence-electron chi connectivity index (χ1n) is 12.0. The molecular formula is C26H32N6O7. The van der Waals surface area contributed by atoms with Gasteiger partial charge in [0.05, 0.1) is 18.9 Å². The van der Waals surface area contributed by atoms with Crippen LogP contribution >= 0.6 is 0 Å². The maximum atomic E-state index is 13.2. The van der Waals surface area contributed by atoms with Crippen molar-refractivity contribution in [3.8, 4) is 0 Å².